The summed E-state index contributed by atoms with van der Waals surface area (Å²) < 4.78 is 43.3. The van der Waals surface area contributed by atoms with Crippen LogP contribution in [0.1, 0.15) is 37.0 Å². The van der Waals surface area contributed by atoms with Crippen LogP contribution in [0.5, 0.6) is 0 Å². The van der Waals surface area contributed by atoms with Gasteiger partial charge in [-0.25, -0.2) is 23.1 Å². The minimum absolute atomic E-state index is 0.157. The Kier molecular flexibility index (Phi) is 7.04. The Balaban J connectivity index is 1.83. The van der Waals surface area contributed by atoms with E-state index in [0.29, 0.717) is 32.2 Å². The van der Waals surface area contributed by atoms with Crippen molar-refractivity contribution in [2.24, 2.45) is 0 Å². The topological polar surface area (TPSA) is 70.9 Å². The van der Waals surface area contributed by atoms with E-state index in [-0.39, 0.29) is 22.1 Å². The minimum atomic E-state index is -2.93. The molecule has 35 heavy (non-hydrogen) atoms. The Morgan fingerprint density at radius 1 is 1.06 bits per heavy atom. The number of pyridine rings is 1. The van der Waals surface area contributed by atoms with Crippen molar-refractivity contribution < 1.29 is 18.3 Å². The van der Waals surface area contributed by atoms with Gasteiger partial charge in [-0.1, -0.05) is 33.6 Å². The zero-order valence-electron chi connectivity index (χ0n) is 19.0. The van der Waals surface area contributed by atoms with E-state index in [9.17, 15) is 18.3 Å². The van der Waals surface area contributed by atoms with Gasteiger partial charge in [0.15, 0.2) is 5.82 Å². The van der Waals surface area contributed by atoms with Crippen LogP contribution in [0.3, 0.4) is 0 Å². The molecule has 0 amide bonds. The van der Waals surface area contributed by atoms with Gasteiger partial charge in [-0.3, -0.25) is 4.98 Å². The molecular weight excluding hydrogens is 545 g/mol. The third-order valence-corrected chi connectivity index (χ3v) is 6.42. The van der Waals surface area contributed by atoms with E-state index in [4.69, 9.17) is 11.6 Å². The molecule has 2 aromatic carbocycles. The van der Waals surface area contributed by atoms with Crippen LogP contribution in [0, 0.1) is 12.7 Å². The number of aliphatic hydroxyl groups is 1. The highest BCUT2D eigenvalue weighted by Crippen LogP contribution is 2.39. The molecule has 4 aromatic rings. The molecule has 0 saturated heterocycles. The number of anilines is 1. The second-order valence-corrected chi connectivity index (χ2v) is 9.89. The van der Waals surface area contributed by atoms with E-state index in [0.717, 1.165) is 6.07 Å². The summed E-state index contributed by atoms with van der Waals surface area (Å²) in [6.45, 7) is 4.83. The molecule has 182 valence electrons. The van der Waals surface area contributed by atoms with Crippen LogP contribution in [0.25, 0.3) is 22.0 Å². The number of aryl methyl sites for hydroxylation is 1. The highest BCUT2D eigenvalue weighted by molar-refractivity contribution is 9.10. The fourth-order valence-corrected chi connectivity index (χ4v) is 4.24. The SMILES string of the molecule is Cc1nc2ccc(-c3cnc(C(C)(C)O)nc3)cc2c(NC(c2cc(Br)ccc2F)C(F)F)c1Cl. The molecule has 0 radical (unpaired) electrons. The van der Waals surface area contributed by atoms with Crippen LogP contribution >= 0.6 is 27.5 Å². The van der Waals surface area contributed by atoms with Gasteiger partial charge < -0.3 is 10.4 Å². The quantitative estimate of drug-likeness (QED) is 0.259. The Morgan fingerprint density at radius 3 is 2.37 bits per heavy atom. The average molecular weight is 566 g/mol. The summed E-state index contributed by atoms with van der Waals surface area (Å²) in [6.07, 6.45) is 0.206. The summed E-state index contributed by atoms with van der Waals surface area (Å²) in [6, 6.07) is 7.50. The van der Waals surface area contributed by atoms with Crippen LogP contribution in [-0.2, 0) is 5.60 Å². The van der Waals surface area contributed by atoms with Crippen LogP contribution in [0.4, 0.5) is 18.9 Å². The number of benzene rings is 2. The minimum Gasteiger partial charge on any atom is -0.382 e. The summed E-state index contributed by atoms with van der Waals surface area (Å²) in [5, 5.41) is 13.5. The van der Waals surface area contributed by atoms with Crippen molar-refractivity contribution in [1.82, 2.24) is 15.0 Å². The van der Waals surface area contributed by atoms with E-state index in [1.54, 1.807) is 51.4 Å². The number of rotatable bonds is 6. The van der Waals surface area contributed by atoms with Crippen molar-refractivity contribution >= 4 is 44.1 Å². The molecular formula is C25H21BrClF3N4O. The molecule has 5 nitrogen and oxygen atoms in total. The summed E-state index contributed by atoms with van der Waals surface area (Å²) in [5.41, 5.74) is 1.12. The fourth-order valence-electron chi connectivity index (χ4n) is 3.66. The van der Waals surface area contributed by atoms with Gasteiger partial charge >= 0.3 is 0 Å². The molecule has 1 unspecified atom stereocenters. The third-order valence-electron chi connectivity index (χ3n) is 5.47. The maximum Gasteiger partial charge on any atom is 0.262 e. The number of halogens is 5. The first kappa shape index (κ1) is 25.3. The maximum absolute atomic E-state index is 14.5. The molecule has 0 aliphatic heterocycles. The summed E-state index contributed by atoms with van der Waals surface area (Å²) in [5.74, 6) is -0.498. The van der Waals surface area contributed by atoms with Crippen LogP contribution in [-0.4, -0.2) is 26.5 Å². The second kappa shape index (κ2) is 9.72. The van der Waals surface area contributed by atoms with Gasteiger partial charge in [0.1, 0.15) is 17.5 Å². The maximum atomic E-state index is 14.5. The smallest absolute Gasteiger partial charge is 0.262 e. The lowest BCUT2D eigenvalue weighted by atomic mass is 10.0. The molecule has 4 rings (SSSR count). The molecule has 10 heteroatoms. The van der Waals surface area contributed by atoms with Gasteiger partial charge in [-0.2, -0.15) is 0 Å². The van der Waals surface area contributed by atoms with Gasteiger partial charge in [0.25, 0.3) is 6.43 Å². The van der Waals surface area contributed by atoms with Crippen molar-refractivity contribution in [2.75, 3.05) is 5.32 Å². The Hall–Kier alpha value is -2.75. The molecule has 0 spiro atoms. The van der Waals surface area contributed by atoms with Crippen molar-refractivity contribution in [3.63, 3.8) is 0 Å². The Labute approximate surface area is 213 Å². The lowest BCUT2D eigenvalue weighted by Crippen LogP contribution is -2.21. The van der Waals surface area contributed by atoms with Crippen molar-refractivity contribution in [2.45, 2.75) is 38.8 Å². The summed E-state index contributed by atoms with van der Waals surface area (Å²) in [7, 11) is 0. The first-order valence-electron chi connectivity index (χ1n) is 10.6. The summed E-state index contributed by atoms with van der Waals surface area (Å²) in [4.78, 5) is 12.9. The number of hydrogen-bond donors (Lipinski definition) is 2. The molecule has 0 saturated carbocycles. The lowest BCUT2D eigenvalue weighted by Gasteiger charge is -2.23. The van der Waals surface area contributed by atoms with E-state index in [1.807, 2.05) is 0 Å². The number of fused-ring (bicyclic) bond motifs is 1. The predicted molar refractivity (Wildman–Crippen MR) is 134 cm³/mol. The lowest BCUT2D eigenvalue weighted by molar-refractivity contribution is 0.0687. The first-order valence-corrected chi connectivity index (χ1v) is 11.8. The van der Waals surface area contributed by atoms with Gasteiger partial charge in [0.2, 0.25) is 0 Å². The molecule has 2 N–H and O–H groups in total. The van der Waals surface area contributed by atoms with Gasteiger partial charge in [-0.15, -0.1) is 0 Å². The second-order valence-electron chi connectivity index (χ2n) is 8.59. The van der Waals surface area contributed by atoms with Crippen molar-refractivity contribution in [1.29, 1.82) is 0 Å². The normalized spacial score (nSPS) is 12.9. The number of aromatic nitrogens is 3. The zero-order chi connectivity index (χ0) is 25.5. The van der Waals surface area contributed by atoms with E-state index >= 15 is 0 Å². The molecule has 0 bridgehead atoms. The number of nitrogens with one attached hydrogen (secondary N) is 1. The summed E-state index contributed by atoms with van der Waals surface area (Å²) >= 11 is 9.74. The number of alkyl halides is 2. The van der Waals surface area contributed by atoms with Crippen LogP contribution in [0.15, 0.2) is 53.3 Å². The zero-order valence-corrected chi connectivity index (χ0v) is 21.3. The predicted octanol–water partition coefficient (Wildman–Crippen LogP) is 7.20. The van der Waals surface area contributed by atoms with Gasteiger partial charge in [0.05, 0.1) is 21.9 Å². The Bertz CT molecular complexity index is 1390. The standard InChI is InChI=1S/C25H21BrClF3N4O/c1-12-20(27)21(34-22(23(29)30)16-9-15(26)5-6-18(16)28)17-8-13(4-7-19(17)33-12)14-10-31-24(32-11-14)25(2,3)35/h4-11,22-23,35H,1-3H3,(H,33,34). The molecule has 0 fully saturated rings. The molecule has 2 aromatic heterocycles. The largest absolute Gasteiger partial charge is 0.382 e. The number of nitrogens with zero attached hydrogens (tertiary/aromatic N) is 3. The van der Waals surface area contributed by atoms with Gasteiger partial charge in [0, 0.05) is 33.4 Å². The fraction of sp³-hybridized carbons (Fsp3) is 0.240. The van der Waals surface area contributed by atoms with Crippen molar-refractivity contribution in [3.8, 4) is 11.1 Å². The van der Waals surface area contributed by atoms with E-state index < -0.39 is 23.9 Å². The third kappa shape index (κ3) is 5.27. The van der Waals surface area contributed by atoms with Gasteiger partial charge in [-0.05, 0) is 56.7 Å². The Morgan fingerprint density at radius 2 is 1.74 bits per heavy atom. The average Bonchev–Trinajstić information content (AvgIpc) is 2.80. The van der Waals surface area contributed by atoms with E-state index in [2.05, 4.69) is 36.2 Å². The van der Waals surface area contributed by atoms with E-state index in [1.165, 1.54) is 12.1 Å². The molecule has 1 atom stereocenters. The van der Waals surface area contributed by atoms with Crippen LogP contribution < -0.4 is 5.32 Å². The van der Waals surface area contributed by atoms with Crippen molar-refractivity contribution in [3.05, 3.63) is 81.2 Å². The molecule has 2 heterocycles. The number of hydrogen-bond acceptors (Lipinski definition) is 5. The highest BCUT2D eigenvalue weighted by Gasteiger charge is 2.28. The van der Waals surface area contributed by atoms with Crippen LogP contribution in [0.2, 0.25) is 5.02 Å². The molecule has 0 aliphatic rings. The highest BCUT2D eigenvalue weighted by atomic mass is 79.9. The first-order chi connectivity index (χ1) is 16.5. The molecule has 0 aliphatic carbocycles. The monoisotopic (exact) mass is 564 g/mol.